The van der Waals surface area contributed by atoms with Crippen LogP contribution in [0.3, 0.4) is 0 Å². The van der Waals surface area contributed by atoms with Crippen LogP contribution in [0.4, 0.5) is 5.82 Å². The van der Waals surface area contributed by atoms with Crippen LogP contribution in [-0.4, -0.2) is 18.6 Å². The maximum absolute atomic E-state index is 5.32. The fourth-order valence-electron chi connectivity index (χ4n) is 1.69. The van der Waals surface area contributed by atoms with Crippen molar-refractivity contribution < 1.29 is 4.74 Å². The minimum Gasteiger partial charge on any atom is -0.496 e. The van der Waals surface area contributed by atoms with Gasteiger partial charge >= 0.3 is 0 Å². The van der Waals surface area contributed by atoms with E-state index in [0.29, 0.717) is 0 Å². The van der Waals surface area contributed by atoms with Crippen LogP contribution in [0.2, 0.25) is 0 Å². The predicted molar refractivity (Wildman–Crippen MR) is 74.8 cm³/mol. The van der Waals surface area contributed by atoms with Gasteiger partial charge in [-0.15, -0.1) is 0 Å². The second-order valence-electron chi connectivity index (χ2n) is 3.77. The molecule has 0 saturated heterocycles. The van der Waals surface area contributed by atoms with E-state index in [1.54, 1.807) is 7.11 Å². The Morgan fingerprint density at radius 2 is 2.12 bits per heavy atom. The van der Waals surface area contributed by atoms with Crippen LogP contribution >= 0.6 is 15.9 Å². The van der Waals surface area contributed by atoms with Crippen molar-refractivity contribution in [2.75, 3.05) is 19.0 Å². The number of nitrogens with one attached hydrogen (secondary N) is 1. The highest BCUT2D eigenvalue weighted by molar-refractivity contribution is 9.10. The van der Waals surface area contributed by atoms with Crippen LogP contribution in [0, 0.1) is 0 Å². The molecule has 0 saturated carbocycles. The molecule has 0 fully saturated rings. The molecule has 90 valence electrons. The number of benzene rings is 1. The summed E-state index contributed by atoms with van der Waals surface area (Å²) in [6.45, 7) is 3.06. The summed E-state index contributed by atoms with van der Waals surface area (Å²) in [5, 5.41) is 4.30. The Kier molecular flexibility index (Phi) is 3.84. The molecule has 2 rings (SSSR count). The van der Waals surface area contributed by atoms with Crippen LogP contribution in [-0.2, 0) is 0 Å². The number of nitrogens with zero attached hydrogens (tertiary/aromatic N) is 1. The zero-order valence-electron chi connectivity index (χ0n) is 9.96. The highest BCUT2D eigenvalue weighted by Gasteiger charge is 2.06. The van der Waals surface area contributed by atoms with E-state index in [2.05, 4.69) is 33.2 Å². The SMILES string of the molecule is CCCNc1ccc2c(OC)ccc(Br)c2n1. The number of hydrogen-bond donors (Lipinski definition) is 1. The van der Waals surface area contributed by atoms with Gasteiger partial charge in [-0.25, -0.2) is 4.98 Å². The quantitative estimate of drug-likeness (QED) is 0.931. The van der Waals surface area contributed by atoms with E-state index in [9.17, 15) is 0 Å². The molecular formula is C13H15BrN2O. The molecule has 1 aromatic heterocycles. The van der Waals surface area contributed by atoms with Crippen molar-refractivity contribution >= 4 is 32.7 Å². The predicted octanol–water partition coefficient (Wildman–Crippen LogP) is 3.83. The van der Waals surface area contributed by atoms with Gasteiger partial charge in [-0.2, -0.15) is 0 Å². The largest absolute Gasteiger partial charge is 0.496 e. The molecule has 0 aliphatic rings. The summed E-state index contributed by atoms with van der Waals surface area (Å²) >= 11 is 3.52. The van der Waals surface area contributed by atoms with Crippen LogP contribution < -0.4 is 10.1 Å². The number of hydrogen-bond acceptors (Lipinski definition) is 3. The summed E-state index contributed by atoms with van der Waals surface area (Å²) in [5.74, 6) is 1.74. The first-order chi connectivity index (χ1) is 8.26. The molecule has 0 spiro atoms. The van der Waals surface area contributed by atoms with Crippen LogP contribution in [0.15, 0.2) is 28.7 Å². The van der Waals surface area contributed by atoms with Gasteiger partial charge in [0.15, 0.2) is 0 Å². The van der Waals surface area contributed by atoms with Gasteiger partial charge in [-0.3, -0.25) is 0 Å². The minimum atomic E-state index is 0.845. The Balaban J connectivity index is 2.49. The van der Waals surface area contributed by atoms with Gasteiger partial charge in [0.2, 0.25) is 0 Å². The van der Waals surface area contributed by atoms with E-state index in [0.717, 1.165) is 39.9 Å². The van der Waals surface area contributed by atoms with E-state index in [1.807, 2.05) is 24.3 Å². The minimum absolute atomic E-state index is 0.845. The summed E-state index contributed by atoms with van der Waals surface area (Å²) in [6.07, 6.45) is 1.08. The molecule has 1 aromatic carbocycles. The lowest BCUT2D eigenvalue weighted by Crippen LogP contribution is -2.01. The van der Waals surface area contributed by atoms with Crippen molar-refractivity contribution in [3.63, 3.8) is 0 Å². The van der Waals surface area contributed by atoms with Gasteiger partial charge in [0.05, 0.1) is 12.6 Å². The van der Waals surface area contributed by atoms with Gasteiger partial charge in [-0.1, -0.05) is 6.92 Å². The lowest BCUT2D eigenvalue weighted by molar-refractivity contribution is 0.419. The van der Waals surface area contributed by atoms with Crippen LogP contribution in [0.5, 0.6) is 5.75 Å². The monoisotopic (exact) mass is 294 g/mol. The van der Waals surface area contributed by atoms with Crippen molar-refractivity contribution in [3.8, 4) is 5.75 Å². The van der Waals surface area contributed by atoms with Gasteiger partial charge in [-0.05, 0) is 46.6 Å². The molecular weight excluding hydrogens is 280 g/mol. The van der Waals surface area contributed by atoms with Crippen molar-refractivity contribution in [2.45, 2.75) is 13.3 Å². The molecule has 0 radical (unpaired) electrons. The second kappa shape index (κ2) is 5.36. The highest BCUT2D eigenvalue weighted by Crippen LogP contribution is 2.31. The third kappa shape index (κ3) is 2.52. The molecule has 17 heavy (non-hydrogen) atoms. The first-order valence-corrected chi connectivity index (χ1v) is 6.42. The number of methoxy groups -OCH3 is 1. The Bertz CT molecular complexity index is 528. The molecule has 0 bridgehead atoms. The van der Waals surface area contributed by atoms with Gasteiger partial charge in [0.25, 0.3) is 0 Å². The molecule has 0 amide bonds. The van der Waals surface area contributed by atoms with Crippen LogP contribution in [0.25, 0.3) is 10.9 Å². The van der Waals surface area contributed by atoms with E-state index in [-0.39, 0.29) is 0 Å². The molecule has 0 unspecified atom stereocenters. The molecule has 1 heterocycles. The van der Waals surface area contributed by atoms with E-state index in [4.69, 9.17) is 4.74 Å². The fraction of sp³-hybridized carbons (Fsp3) is 0.308. The fourth-order valence-corrected chi connectivity index (χ4v) is 2.12. The highest BCUT2D eigenvalue weighted by atomic mass is 79.9. The third-order valence-corrected chi connectivity index (χ3v) is 3.18. The molecule has 0 aliphatic carbocycles. The van der Waals surface area contributed by atoms with Gasteiger partial charge < -0.3 is 10.1 Å². The summed E-state index contributed by atoms with van der Waals surface area (Å²) < 4.78 is 6.30. The molecule has 1 N–H and O–H groups in total. The Hall–Kier alpha value is -1.29. The Labute approximate surface area is 109 Å². The summed E-state index contributed by atoms with van der Waals surface area (Å²) in [4.78, 5) is 4.58. The molecule has 0 aliphatic heterocycles. The van der Waals surface area contributed by atoms with Crippen molar-refractivity contribution in [3.05, 3.63) is 28.7 Å². The number of rotatable bonds is 4. The summed E-state index contributed by atoms with van der Waals surface area (Å²) in [5.41, 5.74) is 0.922. The summed E-state index contributed by atoms with van der Waals surface area (Å²) in [6, 6.07) is 7.90. The van der Waals surface area contributed by atoms with E-state index < -0.39 is 0 Å². The number of fused-ring (bicyclic) bond motifs is 1. The Morgan fingerprint density at radius 1 is 1.29 bits per heavy atom. The topological polar surface area (TPSA) is 34.1 Å². The average Bonchev–Trinajstić information content (AvgIpc) is 2.37. The summed E-state index contributed by atoms with van der Waals surface area (Å²) in [7, 11) is 1.67. The maximum Gasteiger partial charge on any atom is 0.128 e. The van der Waals surface area contributed by atoms with E-state index >= 15 is 0 Å². The normalized spacial score (nSPS) is 10.5. The number of anilines is 1. The molecule has 4 heteroatoms. The maximum atomic E-state index is 5.32. The first-order valence-electron chi connectivity index (χ1n) is 5.63. The van der Waals surface area contributed by atoms with Crippen molar-refractivity contribution in [1.82, 2.24) is 4.98 Å². The third-order valence-electron chi connectivity index (χ3n) is 2.54. The first kappa shape index (κ1) is 12.2. The number of pyridine rings is 1. The standard InChI is InChI=1S/C13H15BrN2O/c1-3-8-15-12-7-4-9-11(17-2)6-5-10(14)13(9)16-12/h4-7H,3,8H2,1-2H3,(H,15,16). The molecule has 0 atom stereocenters. The van der Waals surface area contributed by atoms with Gasteiger partial charge in [0.1, 0.15) is 11.6 Å². The molecule has 3 nitrogen and oxygen atoms in total. The zero-order chi connectivity index (χ0) is 12.3. The second-order valence-corrected chi connectivity index (χ2v) is 4.62. The smallest absolute Gasteiger partial charge is 0.128 e. The number of aromatic nitrogens is 1. The van der Waals surface area contributed by atoms with Crippen molar-refractivity contribution in [2.24, 2.45) is 0 Å². The Morgan fingerprint density at radius 3 is 2.82 bits per heavy atom. The number of ether oxygens (including phenoxy) is 1. The number of halogens is 1. The molecule has 2 aromatic rings. The lowest BCUT2D eigenvalue weighted by Gasteiger charge is -2.09. The average molecular weight is 295 g/mol. The van der Waals surface area contributed by atoms with E-state index in [1.165, 1.54) is 0 Å². The van der Waals surface area contributed by atoms with Crippen molar-refractivity contribution in [1.29, 1.82) is 0 Å². The zero-order valence-corrected chi connectivity index (χ0v) is 11.5. The lowest BCUT2D eigenvalue weighted by atomic mass is 10.2. The van der Waals surface area contributed by atoms with Crippen LogP contribution in [0.1, 0.15) is 13.3 Å². The van der Waals surface area contributed by atoms with Gasteiger partial charge in [0, 0.05) is 16.4 Å².